The Morgan fingerprint density at radius 2 is 1.82 bits per heavy atom. The molecule has 33 heavy (non-hydrogen) atoms. The molecule has 2 N–H and O–H groups in total. The summed E-state index contributed by atoms with van der Waals surface area (Å²) in [6, 6.07) is 5.37. The Morgan fingerprint density at radius 3 is 2.33 bits per heavy atom. The van der Waals surface area contributed by atoms with Crippen LogP contribution in [0, 0.1) is 11.3 Å². The van der Waals surface area contributed by atoms with Crippen molar-refractivity contribution in [2.24, 2.45) is 11.3 Å². The highest BCUT2D eigenvalue weighted by Crippen LogP contribution is 2.52. The van der Waals surface area contributed by atoms with Crippen LogP contribution < -0.4 is 10.6 Å². The summed E-state index contributed by atoms with van der Waals surface area (Å²) in [6.07, 6.45) is -10.2. The number of rotatable bonds is 6. The van der Waals surface area contributed by atoms with Crippen molar-refractivity contribution in [1.29, 1.82) is 0 Å². The van der Waals surface area contributed by atoms with Crippen molar-refractivity contribution in [3.05, 3.63) is 58.3 Å². The van der Waals surface area contributed by atoms with Crippen LogP contribution in [0.15, 0.2) is 52.1 Å². The van der Waals surface area contributed by atoms with Gasteiger partial charge in [0.25, 0.3) is 5.91 Å². The third-order valence-corrected chi connectivity index (χ3v) is 6.11. The second kappa shape index (κ2) is 8.54. The molecule has 12 heteroatoms. The van der Waals surface area contributed by atoms with Crippen LogP contribution >= 0.6 is 11.3 Å². The summed E-state index contributed by atoms with van der Waals surface area (Å²) >= 11 is 0.675. The van der Waals surface area contributed by atoms with Gasteiger partial charge in [0.15, 0.2) is 0 Å². The fourth-order valence-corrected chi connectivity index (χ4v) is 4.48. The van der Waals surface area contributed by atoms with Crippen LogP contribution in [-0.2, 0) is 11.3 Å². The largest absolute Gasteiger partial charge is 0.467 e. The van der Waals surface area contributed by atoms with Gasteiger partial charge in [0.2, 0.25) is 5.54 Å². The quantitative estimate of drug-likeness (QED) is 0.540. The smallest absolute Gasteiger partial charge is 0.421 e. The number of halogens is 6. The van der Waals surface area contributed by atoms with E-state index in [0.717, 1.165) is 11.4 Å². The molecule has 0 aliphatic heterocycles. The molecule has 3 rings (SSSR count). The molecule has 0 unspecified atom stereocenters. The Balaban J connectivity index is 2.16. The molecule has 1 aliphatic rings. The molecule has 180 valence electrons. The number of alkyl halides is 6. The molecule has 2 heterocycles. The molecule has 1 aliphatic carbocycles. The molecule has 1 atom stereocenters. The predicted molar refractivity (Wildman–Crippen MR) is 107 cm³/mol. The van der Waals surface area contributed by atoms with E-state index >= 15 is 0 Å². The first-order chi connectivity index (χ1) is 15.2. The standard InChI is InChI=1S/C21H20F6N2O3S/c1-18(2)9-13(28-11-12-5-3-7-32-12)16(14(30)10-18)19(20(22,23)24,21(25,26)27)29-17(31)15-6-4-8-33-15/h3-9,16,28H,10-11H2,1-2H3,(H,29,31)/t16-/m1/s1. The molecular weight excluding hydrogens is 474 g/mol. The molecule has 5 nitrogen and oxygen atoms in total. The van der Waals surface area contributed by atoms with Crippen LogP contribution in [0.2, 0.25) is 0 Å². The number of carbonyl (C=O) groups excluding carboxylic acids is 2. The van der Waals surface area contributed by atoms with E-state index in [1.807, 2.05) is 0 Å². The average Bonchev–Trinajstić information content (AvgIpc) is 3.35. The lowest BCUT2D eigenvalue weighted by molar-refractivity contribution is -0.314. The van der Waals surface area contributed by atoms with E-state index in [9.17, 15) is 35.9 Å². The molecule has 1 amide bonds. The summed E-state index contributed by atoms with van der Waals surface area (Å²) in [5, 5.41) is 5.01. The minimum absolute atomic E-state index is 0.234. The van der Waals surface area contributed by atoms with Crippen molar-refractivity contribution >= 4 is 23.0 Å². The van der Waals surface area contributed by atoms with Gasteiger partial charge in [-0.05, 0) is 29.0 Å². The van der Waals surface area contributed by atoms with Gasteiger partial charge in [-0.1, -0.05) is 26.0 Å². The van der Waals surface area contributed by atoms with Crippen molar-refractivity contribution in [1.82, 2.24) is 10.6 Å². The number of nitrogens with one attached hydrogen (secondary N) is 2. The molecule has 2 aromatic rings. The van der Waals surface area contributed by atoms with E-state index in [1.165, 1.54) is 49.8 Å². The number of carbonyl (C=O) groups is 2. The minimum Gasteiger partial charge on any atom is -0.467 e. The van der Waals surface area contributed by atoms with Gasteiger partial charge in [-0.2, -0.15) is 26.3 Å². The number of allylic oxidation sites excluding steroid dienone is 1. The third-order valence-electron chi connectivity index (χ3n) is 5.24. The van der Waals surface area contributed by atoms with E-state index in [-0.39, 0.29) is 17.2 Å². The summed E-state index contributed by atoms with van der Waals surface area (Å²) in [5.74, 6) is -5.42. The maximum atomic E-state index is 14.4. The lowest BCUT2D eigenvalue weighted by Crippen LogP contribution is -2.74. The third kappa shape index (κ3) is 4.80. The molecule has 0 bridgehead atoms. The molecule has 0 saturated heterocycles. The summed E-state index contributed by atoms with van der Waals surface area (Å²) < 4.78 is 91.2. The molecule has 0 radical (unpaired) electrons. The molecule has 0 spiro atoms. The molecule has 0 fully saturated rings. The lowest BCUT2D eigenvalue weighted by atomic mass is 9.67. The summed E-state index contributed by atoms with van der Waals surface area (Å²) in [6.45, 7) is 2.77. The van der Waals surface area contributed by atoms with Crippen molar-refractivity contribution < 1.29 is 40.3 Å². The van der Waals surface area contributed by atoms with Gasteiger partial charge in [-0.3, -0.25) is 9.59 Å². The Kier molecular flexibility index (Phi) is 6.44. The molecule has 0 saturated carbocycles. The van der Waals surface area contributed by atoms with Gasteiger partial charge >= 0.3 is 12.4 Å². The number of ketones is 1. The topological polar surface area (TPSA) is 71.3 Å². The number of hydrogen-bond acceptors (Lipinski definition) is 5. The summed E-state index contributed by atoms with van der Waals surface area (Å²) in [5.41, 5.74) is -6.45. The van der Waals surface area contributed by atoms with Crippen LogP contribution in [0.5, 0.6) is 0 Å². The molecular formula is C21H20F6N2O3S. The van der Waals surface area contributed by atoms with Gasteiger partial charge in [0.1, 0.15) is 11.5 Å². The van der Waals surface area contributed by atoms with Crippen LogP contribution in [0.1, 0.15) is 35.7 Å². The second-order valence-electron chi connectivity index (χ2n) is 8.33. The van der Waals surface area contributed by atoms with Crippen LogP contribution in [0.3, 0.4) is 0 Å². The van der Waals surface area contributed by atoms with Crippen LogP contribution in [0.25, 0.3) is 0 Å². The Labute approximate surface area is 188 Å². The van der Waals surface area contributed by atoms with E-state index in [1.54, 1.807) is 0 Å². The van der Waals surface area contributed by atoms with Gasteiger partial charge < -0.3 is 15.1 Å². The molecule has 0 aromatic carbocycles. The maximum absolute atomic E-state index is 14.4. The molecule has 2 aromatic heterocycles. The van der Waals surface area contributed by atoms with Crippen molar-refractivity contribution in [2.75, 3.05) is 0 Å². The van der Waals surface area contributed by atoms with Gasteiger partial charge in [-0.15, -0.1) is 11.3 Å². The number of amides is 1. The lowest BCUT2D eigenvalue weighted by Gasteiger charge is -2.46. The fourth-order valence-electron chi connectivity index (χ4n) is 3.86. The first-order valence-electron chi connectivity index (χ1n) is 9.69. The number of Topliss-reactive ketones (excluding diaryl/α,β-unsaturated/α-hetero) is 1. The van der Waals surface area contributed by atoms with E-state index in [2.05, 4.69) is 5.32 Å². The monoisotopic (exact) mass is 494 g/mol. The fraction of sp³-hybridized carbons (Fsp3) is 0.429. The van der Waals surface area contributed by atoms with Gasteiger partial charge in [0.05, 0.1) is 23.6 Å². The van der Waals surface area contributed by atoms with E-state index in [0.29, 0.717) is 11.3 Å². The second-order valence-corrected chi connectivity index (χ2v) is 9.28. The SMILES string of the molecule is CC1(C)C=C(NCc2ccco2)[C@@H](C(NC(=O)c2cccs2)(C(F)(F)F)C(F)(F)F)C(=O)C1. The zero-order valence-corrected chi connectivity index (χ0v) is 18.3. The van der Waals surface area contributed by atoms with Crippen molar-refractivity contribution in [2.45, 2.75) is 44.7 Å². The number of hydrogen-bond donors (Lipinski definition) is 2. The first-order valence-corrected chi connectivity index (χ1v) is 10.6. The Hall–Kier alpha value is -2.76. The Morgan fingerprint density at radius 1 is 1.15 bits per heavy atom. The van der Waals surface area contributed by atoms with E-state index < -0.39 is 53.0 Å². The first kappa shape index (κ1) is 24.9. The average molecular weight is 494 g/mol. The summed E-state index contributed by atoms with van der Waals surface area (Å²) in [7, 11) is 0. The summed E-state index contributed by atoms with van der Waals surface area (Å²) in [4.78, 5) is 25.1. The normalized spacial score (nSPS) is 19.2. The van der Waals surface area contributed by atoms with Gasteiger partial charge in [-0.25, -0.2) is 0 Å². The van der Waals surface area contributed by atoms with Gasteiger partial charge in [0, 0.05) is 12.1 Å². The highest BCUT2D eigenvalue weighted by Gasteiger charge is 2.77. The van der Waals surface area contributed by atoms with Crippen LogP contribution in [-0.4, -0.2) is 29.6 Å². The predicted octanol–water partition coefficient (Wildman–Crippen LogP) is 5.22. The number of furan rings is 1. The highest BCUT2D eigenvalue weighted by molar-refractivity contribution is 7.12. The van der Waals surface area contributed by atoms with Crippen molar-refractivity contribution in [3.8, 4) is 0 Å². The number of thiophene rings is 1. The van der Waals surface area contributed by atoms with Crippen LogP contribution in [0.4, 0.5) is 26.3 Å². The maximum Gasteiger partial charge on any atom is 0.421 e. The zero-order chi connectivity index (χ0) is 24.7. The Bertz CT molecular complexity index is 1010. The highest BCUT2D eigenvalue weighted by atomic mass is 32.1. The minimum atomic E-state index is -6.05. The van der Waals surface area contributed by atoms with E-state index in [4.69, 9.17) is 4.42 Å². The zero-order valence-electron chi connectivity index (χ0n) is 17.4. The van der Waals surface area contributed by atoms with Crippen molar-refractivity contribution in [3.63, 3.8) is 0 Å².